The second kappa shape index (κ2) is 5.89. The molecule has 0 aromatic carbocycles. The van der Waals surface area contributed by atoms with Crippen LogP contribution in [0.15, 0.2) is 17.1 Å². The van der Waals surface area contributed by atoms with Gasteiger partial charge in [-0.15, -0.1) is 0 Å². The largest absolute Gasteiger partial charge is 0.499 e. The molecule has 1 aliphatic rings. The number of hydrogen-bond acceptors (Lipinski definition) is 4. The summed E-state index contributed by atoms with van der Waals surface area (Å²) in [5.41, 5.74) is -0.296. The van der Waals surface area contributed by atoms with E-state index in [-0.39, 0.29) is 16.7 Å². The van der Waals surface area contributed by atoms with Crippen LogP contribution in [0.2, 0.25) is 5.15 Å². The quantitative estimate of drug-likeness (QED) is 0.910. The summed E-state index contributed by atoms with van der Waals surface area (Å²) in [5.74, 6) is -0.262. The van der Waals surface area contributed by atoms with Crippen molar-refractivity contribution in [2.24, 2.45) is 5.41 Å². The Kier molecular flexibility index (Phi) is 4.37. The summed E-state index contributed by atoms with van der Waals surface area (Å²) in [5, 5.41) is 6.73. The minimum Gasteiger partial charge on any atom is -0.499 e. The smallest absolute Gasteiger partial charge is 0.295 e. The van der Waals surface area contributed by atoms with E-state index in [0.717, 1.165) is 6.42 Å². The molecule has 2 heterocycles. The molecule has 0 radical (unpaired) electrons. The number of carbonyl (C=O) groups excluding carboxylic acids is 1. The number of nitrogens with zero attached hydrogens (tertiary/aromatic N) is 2. The van der Waals surface area contributed by atoms with E-state index in [2.05, 4.69) is 10.4 Å². The lowest BCUT2D eigenvalue weighted by atomic mass is 9.96. The van der Waals surface area contributed by atoms with Crippen molar-refractivity contribution < 1.29 is 9.53 Å². The van der Waals surface area contributed by atoms with Gasteiger partial charge in [0.05, 0.1) is 12.3 Å². The molecule has 1 N–H and O–H groups in total. The zero-order valence-electron chi connectivity index (χ0n) is 12.3. The molecule has 1 aromatic rings. The third kappa shape index (κ3) is 3.64. The van der Waals surface area contributed by atoms with Crippen molar-refractivity contribution in [2.75, 3.05) is 11.9 Å². The molecule has 1 amide bonds. The van der Waals surface area contributed by atoms with E-state index in [0.29, 0.717) is 18.7 Å². The number of rotatable bonds is 2. The number of amides is 1. The molecule has 0 fully saturated rings. The molecule has 0 bridgehead atoms. The molecule has 0 aliphatic carbocycles. The van der Waals surface area contributed by atoms with Crippen molar-refractivity contribution in [3.8, 4) is 0 Å². The summed E-state index contributed by atoms with van der Waals surface area (Å²) in [6, 6.07) is 1.36. The maximum Gasteiger partial charge on any atom is 0.295 e. The Morgan fingerprint density at radius 1 is 1.48 bits per heavy atom. The highest BCUT2D eigenvalue weighted by molar-refractivity contribution is 6.29. The van der Waals surface area contributed by atoms with Crippen LogP contribution >= 0.6 is 11.6 Å². The number of aromatic nitrogens is 2. The number of nitrogens with one attached hydrogen (secondary N) is 1. The van der Waals surface area contributed by atoms with Gasteiger partial charge in [0.2, 0.25) is 5.91 Å². The summed E-state index contributed by atoms with van der Waals surface area (Å²) in [6.07, 6.45) is 2.97. The topological polar surface area (TPSA) is 73.2 Å². The third-order valence-corrected chi connectivity index (χ3v) is 3.18. The van der Waals surface area contributed by atoms with Gasteiger partial charge in [0.25, 0.3) is 5.56 Å². The van der Waals surface area contributed by atoms with E-state index in [1.807, 2.05) is 0 Å². The van der Waals surface area contributed by atoms with Crippen molar-refractivity contribution in [1.82, 2.24) is 9.78 Å². The molecule has 0 saturated heterocycles. The van der Waals surface area contributed by atoms with Crippen LogP contribution in [0.4, 0.5) is 5.69 Å². The number of hydrogen-bond donors (Lipinski definition) is 1. The number of carbonyl (C=O) groups is 1. The van der Waals surface area contributed by atoms with Crippen LogP contribution in [0.25, 0.3) is 5.70 Å². The SMILES string of the molecule is CC(C)(C)C(=O)Nc1cc(Cl)nn(C2=COCCC2)c1=O. The molecule has 1 aliphatic heterocycles. The van der Waals surface area contributed by atoms with Gasteiger partial charge in [-0.2, -0.15) is 9.78 Å². The van der Waals surface area contributed by atoms with Crippen molar-refractivity contribution in [3.05, 3.63) is 27.8 Å². The fourth-order valence-corrected chi connectivity index (χ4v) is 1.95. The fourth-order valence-electron chi connectivity index (χ4n) is 1.77. The zero-order valence-corrected chi connectivity index (χ0v) is 13.0. The fraction of sp³-hybridized carbons (Fsp3) is 0.500. The Labute approximate surface area is 127 Å². The van der Waals surface area contributed by atoms with E-state index in [4.69, 9.17) is 16.3 Å². The molecule has 0 saturated carbocycles. The maximum atomic E-state index is 12.4. The van der Waals surface area contributed by atoms with Gasteiger partial charge in [-0.25, -0.2) is 0 Å². The first kappa shape index (κ1) is 15.6. The van der Waals surface area contributed by atoms with Crippen LogP contribution < -0.4 is 10.9 Å². The van der Waals surface area contributed by atoms with Crippen molar-refractivity contribution in [1.29, 1.82) is 0 Å². The van der Waals surface area contributed by atoms with Gasteiger partial charge < -0.3 is 10.1 Å². The average molecular weight is 312 g/mol. The van der Waals surface area contributed by atoms with E-state index in [9.17, 15) is 9.59 Å². The van der Waals surface area contributed by atoms with Crippen LogP contribution in [0.1, 0.15) is 33.6 Å². The molecule has 6 nitrogen and oxygen atoms in total. The predicted molar refractivity (Wildman–Crippen MR) is 81.1 cm³/mol. The highest BCUT2D eigenvalue weighted by atomic mass is 35.5. The number of halogens is 1. The number of anilines is 1. The van der Waals surface area contributed by atoms with Crippen LogP contribution in [-0.4, -0.2) is 22.3 Å². The first-order valence-corrected chi connectivity index (χ1v) is 7.09. The molecule has 114 valence electrons. The van der Waals surface area contributed by atoms with Crippen molar-refractivity contribution >= 4 is 28.9 Å². The van der Waals surface area contributed by atoms with Gasteiger partial charge >= 0.3 is 0 Å². The van der Waals surface area contributed by atoms with Gasteiger partial charge in [-0.1, -0.05) is 32.4 Å². The molecular formula is C14H18ClN3O3. The van der Waals surface area contributed by atoms with E-state index < -0.39 is 11.0 Å². The van der Waals surface area contributed by atoms with E-state index >= 15 is 0 Å². The summed E-state index contributed by atoms with van der Waals surface area (Å²) in [4.78, 5) is 24.4. The summed E-state index contributed by atoms with van der Waals surface area (Å²) >= 11 is 5.95. The molecule has 0 spiro atoms. The summed E-state index contributed by atoms with van der Waals surface area (Å²) in [7, 11) is 0. The molecule has 0 unspecified atom stereocenters. The monoisotopic (exact) mass is 311 g/mol. The Morgan fingerprint density at radius 3 is 2.76 bits per heavy atom. The average Bonchev–Trinajstić information content (AvgIpc) is 2.42. The second-order valence-electron chi connectivity index (χ2n) is 5.89. The normalized spacial score (nSPS) is 15.1. The summed E-state index contributed by atoms with van der Waals surface area (Å²) < 4.78 is 6.39. The number of allylic oxidation sites excluding steroid dienone is 1. The maximum absolute atomic E-state index is 12.4. The van der Waals surface area contributed by atoms with E-state index in [1.165, 1.54) is 17.0 Å². The molecule has 0 atom stereocenters. The Morgan fingerprint density at radius 2 is 2.19 bits per heavy atom. The van der Waals surface area contributed by atoms with Gasteiger partial charge in [0.1, 0.15) is 11.9 Å². The molecule has 1 aromatic heterocycles. The van der Waals surface area contributed by atoms with Gasteiger partial charge in [-0.05, 0) is 12.8 Å². The zero-order chi connectivity index (χ0) is 15.6. The van der Waals surface area contributed by atoms with Crippen molar-refractivity contribution in [3.63, 3.8) is 0 Å². The lowest BCUT2D eigenvalue weighted by Gasteiger charge is -2.19. The summed E-state index contributed by atoms with van der Waals surface area (Å²) in [6.45, 7) is 5.91. The Balaban J connectivity index is 2.40. The van der Waals surface area contributed by atoms with Crippen LogP contribution in [0.3, 0.4) is 0 Å². The second-order valence-corrected chi connectivity index (χ2v) is 6.27. The molecular weight excluding hydrogens is 294 g/mol. The molecule has 21 heavy (non-hydrogen) atoms. The first-order valence-electron chi connectivity index (χ1n) is 6.71. The van der Waals surface area contributed by atoms with Crippen molar-refractivity contribution in [2.45, 2.75) is 33.6 Å². The highest BCUT2D eigenvalue weighted by Gasteiger charge is 2.23. The minimum absolute atomic E-state index is 0.112. The highest BCUT2D eigenvalue weighted by Crippen LogP contribution is 2.19. The van der Waals surface area contributed by atoms with Gasteiger partial charge in [0.15, 0.2) is 5.15 Å². The molecule has 7 heteroatoms. The Bertz CT molecular complexity index is 644. The standard InChI is InChI=1S/C14H18ClN3O3/c1-14(2,3)13(20)16-10-7-11(15)17-18(12(10)19)9-5-4-6-21-8-9/h7-8H,4-6H2,1-3H3,(H,16,20). The van der Waals surface area contributed by atoms with Gasteiger partial charge in [0, 0.05) is 11.5 Å². The number of ether oxygens (including phenoxy) is 1. The third-order valence-electron chi connectivity index (χ3n) is 3.00. The minimum atomic E-state index is -0.611. The first-order chi connectivity index (χ1) is 9.79. The molecule has 2 rings (SSSR count). The predicted octanol–water partition coefficient (Wildman–Crippen LogP) is 2.49. The lowest BCUT2D eigenvalue weighted by Crippen LogP contribution is -2.33. The van der Waals surface area contributed by atoms with E-state index in [1.54, 1.807) is 20.8 Å². The van der Waals surface area contributed by atoms with Crippen LogP contribution in [0, 0.1) is 5.41 Å². The lowest BCUT2D eigenvalue weighted by molar-refractivity contribution is -0.123. The van der Waals surface area contributed by atoms with Crippen LogP contribution in [-0.2, 0) is 9.53 Å². The Hall–Kier alpha value is -1.82. The van der Waals surface area contributed by atoms with Gasteiger partial charge in [-0.3, -0.25) is 9.59 Å². The van der Waals surface area contributed by atoms with Crippen LogP contribution in [0.5, 0.6) is 0 Å².